The van der Waals surface area contributed by atoms with Gasteiger partial charge in [0.05, 0.1) is 5.69 Å². The number of nitrogens with zero attached hydrogens (tertiary/aromatic N) is 2. The fraction of sp³-hybridized carbons (Fsp3) is 0.312. The SMILES string of the molecule is Cn1c(Nc2ccc(I)cc2F)c(C(=O)NCCCO)c(=O)n(C)c1=O. The highest BCUT2D eigenvalue weighted by atomic mass is 127. The molecule has 1 amide bonds. The zero-order chi connectivity index (χ0) is 19.4. The third-order valence-electron chi connectivity index (χ3n) is 3.70. The van der Waals surface area contributed by atoms with Crippen molar-refractivity contribution in [2.45, 2.75) is 6.42 Å². The number of amides is 1. The molecule has 8 nitrogen and oxygen atoms in total. The van der Waals surface area contributed by atoms with Crippen LogP contribution in [0.4, 0.5) is 15.9 Å². The first-order valence-corrected chi connectivity index (χ1v) is 8.77. The van der Waals surface area contributed by atoms with E-state index in [-0.39, 0.29) is 30.2 Å². The minimum absolute atomic E-state index is 0.0260. The summed E-state index contributed by atoms with van der Waals surface area (Å²) in [5.74, 6) is -1.42. The van der Waals surface area contributed by atoms with Crippen LogP contribution < -0.4 is 21.9 Å². The van der Waals surface area contributed by atoms with E-state index in [1.807, 2.05) is 22.6 Å². The zero-order valence-corrected chi connectivity index (χ0v) is 16.3. The maximum absolute atomic E-state index is 14.2. The van der Waals surface area contributed by atoms with E-state index in [2.05, 4.69) is 10.6 Å². The summed E-state index contributed by atoms with van der Waals surface area (Å²) in [6.07, 6.45) is 0.312. The van der Waals surface area contributed by atoms with Crippen LogP contribution in [-0.2, 0) is 14.1 Å². The van der Waals surface area contributed by atoms with Crippen LogP contribution in [-0.4, -0.2) is 33.3 Å². The molecule has 0 aliphatic rings. The summed E-state index contributed by atoms with van der Waals surface area (Å²) in [7, 11) is 2.63. The number of anilines is 2. The van der Waals surface area contributed by atoms with Gasteiger partial charge in [0.2, 0.25) is 0 Å². The lowest BCUT2D eigenvalue weighted by atomic mass is 10.2. The number of aromatic nitrogens is 2. The molecule has 2 rings (SSSR count). The molecule has 0 saturated heterocycles. The predicted octanol–water partition coefficient (Wildman–Crippen LogP) is 0.683. The van der Waals surface area contributed by atoms with Gasteiger partial charge in [-0.1, -0.05) is 0 Å². The molecule has 0 saturated carbocycles. The third-order valence-corrected chi connectivity index (χ3v) is 4.37. The number of nitrogens with one attached hydrogen (secondary N) is 2. The molecule has 0 fully saturated rings. The van der Waals surface area contributed by atoms with Gasteiger partial charge in [-0.05, 0) is 47.2 Å². The van der Waals surface area contributed by atoms with Crippen molar-refractivity contribution in [3.63, 3.8) is 0 Å². The number of carbonyl (C=O) groups excluding carboxylic acids is 1. The van der Waals surface area contributed by atoms with Crippen LogP contribution in [0.5, 0.6) is 0 Å². The van der Waals surface area contributed by atoms with Gasteiger partial charge in [0, 0.05) is 30.8 Å². The highest BCUT2D eigenvalue weighted by molar-refractivity contribution is 14.1. The summed E-state index contributed by atoms with van der Waals surface area (Å²) in [5, 5.41) is 14.0. The van der Waals surface area contributed by atoms with Gasteiger partial charge in [-0.15, -0.1) is 0 Å². The molecule has 26 heavy (non-hydrogen) atoms. The summed E-state index contributed by atoms with van der Waals surface area (Å²) < 4.78 is 16.7. The smallest absolute Gasteiger partial charge is 0.332 e. The van der Waals surface area contributed by atoms with Crippen molar-refractivity contribution in [3.8, 4) is 0 Å². The first-order chi connectivity index (χ1) is 12.3. The summed E-state index contributed by atoms with van der Waals surface area (Å²) in [4.78, 5) is 37.1. The maximum atomic E-state index is 14.2. The second kappa shape index (κ2) is 8.45. The normalized spacial score (nSPS) is 10.7. The average Bonchev–Trinajstić information content (AvgIpc) is 2.60. The van der Waals surface area contributed by atoms with Crippen molar-refractivity contribution in [1.29, 1.82) is 0 Å². The lowest BCUT2D eigenvalue weighted by Gasteiger charge is -2.17. The number of carbonyl (C=O) groups is 1. The van der Waals surface area contributed by atoms with Gasteiger partial charge in [-0.3, -0.25) is 18.7 Å². The van der Waals surface area contributed by atoms with Gasteiger partial charge in [0.15, 0.2) is 0 Å². The molecule has 0 atom stereocenters. The third kappa shape index (κ3) is 4.12. The standard InChI is InChI=1S/C16H18FIN4O4/c1-21-13(20-11-5-4-9(18)8-10(11)17)12(14(24)19-6-3-7-23)15(25)22(2)16(21)26/h4-5,8,20,23H,3,6-7H2,1-2H3,(H,19,24). The van der Waals surface area contributed by atoms with Crippen molar-refractivity contribution < 1.29 is 14.3 Å². The lowest BCUT2D eigenvalue weighted by Crippen LogP contribution is -2.43. The number of benzene rings is 1. The van der Waals surface area contributed by atoms with E-state index in [1.54, 1.807) is 6.07 Å². The molecule has 0 bridgehead atoms. The number of halogens is 2. The van der Waals surface area contributed by atoms with Crippen molar-refractivity contribution in [2.75, 3.05) is 18.5 Å². The molecule has 0 aliphatic heterocycles. The number of aliphatic hydroxyl groups excluding tert-OH is 1. The average molecular weight is 476 g/mol. The Balaban J connectivity index is 2.57. The Morgan fingerprint density at radius 2 is 1.96 bits per heavy atom. The van der Waals surface area contributed by atoms with Gasteiger partial charge in [-0.25, -0.2) is 9.18 Å². The van der Waals surface area contributed by atoms with Crippen LogP contribution in [0.3, 0.4) is 0 Å². The Morgan fingerprint density at radius 3 is 2.58 bits per heavy atom. The second-order valence-electron chi connectivity index (χ2n) is 5.51. The maximum Gasteiger partial charge on any atom is 0.332 e. The summed E-state index contributed by atoms with van der Waals surface area (Å²) >= 11 is 1.95. The Kier molecular flexibility index (Phi) is 6.53. The summed E-state index contributed by atoms with van der Waals surface area (Å²) in [6.45, 7) is 0.0309. The summed E-state index contributed by atoms with van der Waals surface area (Å²) in [5.41, 5.74) is -1.75. The first-order valence-electron chi connectivity index (χ1n) is 7.69. The van der Waals surface area contributed by atoms with Crippen LogP contribution in [0, 0.1) is 9.39 Å². The van der Waals surface area contributed by atoms with E-state index >= 15 is 0 Å². The largest absolute Gasteiger partial charge is 0.396 e. The van der Waals surface area contributed by atoms with E-state index < -0.39 is 23.0 Å². The van der Waals surface area contributed by atoms with E-state index in [4.69, 9.17) is 5.11 Å². The molecule has 0 aliphatic carbocycles. The van der Waals surface area contributed by atoms with E-state index in [0.717, 1.165) is 9.13 Å². The van der Waals surface area contributed by atoms with Crippen LogP contribution >= 0.6 is 22.6 Å². The van der Waals surface area contributed by atoms with E-state index in [9.17, 15) is 18.8 Å². The van der Waals surface area contributed by atoms with Crippen molar-refractivity contribution in [2.24, 2.45) is 14.1 Å². The van der Waals surface area contributed by atoms with Crippen molar-refractivity contribution >= 4 is 40.0 Å². The first kappa shape index (κ1) is 20.1. The van der Waals surface area contributed by atoms with Crippen LogP contribution in [0.25, 0.3) is 0 Å². The van der Waals surface area contributed by atoms with Crippen LogP contribution in [0.15, 0.2) is 27.8 Å². The second-order valence-corrected chi connectivity index (χ2v) is 6.76. The lowest BCUT2D eigenvalue weighted by molar-refractivity contribution is 0.0949. The summed E-state index contributed by atoms with van der Waals surface area (Å²) in [6, 6.07) is 4.38. The fourth-order valence-electron chi connectivity index (χ4n) is 2.28. The highest BCUT2D eigenvalue weighted by Crippen LogP contribution is 2.22. The Hall–Kier alpha value is -2.21. The number of hydrogen-bond acceptors (Lipinski definition) is 5. The van der Waals surface area contributed by atoms with Gasteiger partial charge in [-0.2, -0.15) is 0 Å². The molecule has 1 aromatic heterocycles. The minimum Gasteiger partial charge on any atom is -0.396 e. The molecule has 10 heteroatoms. The Morgan fingerprint density at radius 1 is 1.27 bits per heavy atom. The molecule has 0 spiro atoms. The molecular formula is C16H18FIN4O4. The number of rotatable bonds is 6. The van der Waals surface area contributed by atoms with E-state index in [0.29, 0.717) is 9.99 Å². The fourth-order valence-corrected chi connectivity index (χ4v) is 2.74. The zero-order valence-electron chi connectivity index (χ0n) is 14.2. The minimum atomic E-state index is -0.803. The van der Waals surface area contributed by atoms with Gasteiger partial charge < -0.3 is 15.7 Å². The van der Waals surface area contributed by atoms with Crippen molar-refractivity contribution in [3.05, 3.63) is 54.0 Å². The van der Waals surface area contributed by atoms with Gasteiger partial charge in [0.25, 0.3) is 11.5 Å². The number of hydrogen-bond donors (Lipinski definition) is 3. The predicted molar refractivity (Wildman–Crippen MR) is 103 cm³/mol. The van der Waals surface area contributed by atoms with Gasteiger partial charge in [0.1, 0.15) is 17.2 Å². The van der Waals surface area contributed by atoms with Crippen LogP contribution in [0.2, 0.25) is 0 Å². The molecule has 0 unspecified atom stereocenters. The molecule has 140 valence electrons. The van der Waals surface area contributed by atoms with Crippen molar-refractivity contribution in [1.82, 2.24) is 14.5 Å². The van der Waals surface area contributed by atoms with E-state index in [1.165, 1.54) is 26.2 Å². The molecular weight excluding hydrogens is 458 g/mol. The number of aliphatic hydroxyl groups is 1. The molecule has 2 aromatic rings. The highest BCUT2D eigenvalue weighted by Gasteiger charge is 2.22. The molecule has 1 heterocycles. The Bertz CT molecular complexity index is 954. The Labute approximate surface area is 161 Å². The molecule has 3 N–H and O–H groups in total. The monoisotopic (exact) mass is 476 g/mol. The quantitative estimate of drug-likeness (QED) is 0.421. The topological polar surface area (TPSA) is 105 Å². The molecule has 1 aromatic carbocycles. The molecule has 0 radical (unpaired) electrons. The van der Waals surface area contributed by atoms with Gasteiger partial charge >= 0.3 is 5.69 Å². The van der Waals surface area contributed by atoms with Crippen LogP contribution in [0.1, 0.15) is 16.8 Å².